The SMILES string of the molecule is CCOC(=O)c1sc(N)c(C#N)c1COC(=O)c1ccccc1S(C)(=O)=O. The lowest BCUT2D eigenvalue weighted by Crippen LogP contribution is -2.13. The summed E-state index contributed by atoms with van der Waals surface area (Å²) in [5.74, 6) is -1.59. The molecule has 2 rings (SSSR count). The molecule has 0 atom stereocenters. The molecule has 10 heteroatoms. The van der Waals surface area contributed by atoms with E-state index < -0.39 is 28.4 Å². The number of carbonyl (C=O) groups excluding carboxylic acids is 2. The Morgan fingerprint density at radius 2 is 1.89 bits per heavy atom. The maximum absolute atomic E-state index is 12.4. The number of rotatable bonds is 6. The van der Waals surface area contributed by atoms with Crippen molar-refractivity contribution in [3.8, 4) is 6.07 Å². The number of nitrogens with two attached hydrogens (primary N) is 1. The number of ether oxygens (including phenoxy) is 2. The third kappa shape index (κ3) is 4.45. The number of esters is 2. The maximum atomic E-state index is 12.4. The van der Waals surface area contributed by atoms with Crippen LogP contribution in [0.4, 0.5) is 5.00 Å². The second-order valence-corrected chi connectivity index (χ2v) is 8.36. The fraction of sp³-hybridized carbons (Fsp3) is 0.235. The predicted octanol–water partition coefficient (Wildman–Crippen LogP) is 2.14. The minimum Gasteiger partial charge on any atom is -0.462 e. The summed E-state index contributed by atoms with van der Waals surface area (Å²) in [6.45, 7) is 1.32. The summed E-state index contributed by atoms with van der Waals surface area (Å²) in [5.41, 5.74) is 5.76. The van der Waals surface area contributed by atoms with Crippen molar-refractivity contribution in [2.24, 2.45) is 0 Å². The molecule has 0 spiro atoms. The quantitative estimate of drug-likeness (QED) is 0.718. The first-order valence-electron chi connectivity index (χ1n) is 7.65. The van der Waals surface area contributed by atoms with E-state index in [2.05, 4.69) is 0 Å². The average Bonchev–Trinajstić information content (AvgIpc) is 2.94. The molecule has 1 heterocycles. The zero-order valence-corrected chi connectivity index (χ0v) is 16.1. The van der Waals surface area contributed by atoms with Gasteiger partial charge in [0.2, 0.25) is 0 Å². The normalized spacial score (nSPS) is 10.9. The highest BCUT2D eigenvalue weighted by Crippen LogP contribution is 2.32. The summed E-state index contributed by atoms with van der Waals surface area (Å²) < 4.78 is 33.7. The van der Waals surface area contributed by atoms with Crippen LogP contribution in [0.3, 0.4) is 0 Å². The van der Waals surface area contributed by atoms with Gasteiger partial charge in [-0.05, 0) is 19.1 Å². The monoisotopic (exact) mass is 408 g/mol. The van der Waals surface area contributed by atoms with Crippen molar-refractivity contribution in [1.29, 1.82) is 5.26 Å². The smallest absolute Gasteiger partial charge is 0.348 e. The van der Waals surface area contributed by atoms with Crippen molar-refractivity contribution in [3.05, 3.63) is 45.8 Å². The van der Waals surface area contributed by atoms with Gasteiger partial charge in [0, 0.05) is 11.8 Å². The first kappa shape index (κ1) is 20.4. The molecule has 1 aromatic heterocycles. The van der Waals surface area contributed by atoms with Gasteiger partial charge >= 0.3 is 11.9 Å². The molecule has 1 aromatic carbocycles. The molecular weight excluding hydrogens is 392 g/mol. The Balaban J connectivity index is 2.34. The summed E-state index contributed by atoms with van der Waals surface area (Å²) in [6, 6.07) is 7.46. The van der Waals surface area contributed by atoms with Gasteiger partial charge in [0.15, 0.2) is 9.84 Å². The molecule has 0 amide bonds. The first-order chi connectivity index (χ1) is 12.7. The average molecular weight is 408 g/mol. The Labute approximate surface area is 160 Å². The van der Waals surface area contributed by atoms with Gasteiger partial charge < -0.3 is 15.2 Å². The van der Waals surface area contributed by atoms with Crippen LogP contribution in [0, 0.1) is 11.3 Å². The molecule has 0 aliphatic heterocycles. The van der Waals surface area contributed by atoms with E-state index >= 15 is 0 Å². The third-order valence-corrected chi connectivity index (χ3v) is 5.66. The molecule has 2 aromatic rings. The summed E-state index contributed by atoms with van der Waals surface area (Å²) in [5, 5.41) is 9.36. The Morgan fingerprint density at radius 3 is 2.48 bits per heavy atom. The van der Waals surface area contributed by atoms with Crippen LogP contribution < -0.4 is 5.73 Å². The van der Waals surface area contributed by atoms with Crippen LogP contribution in [0.1, 0.15) is 38.1 Å². The largest absolute Gasteiger partial charge is 0.462 e. The highest BCUT2D eigenvalue weighted by molar-refractivity contribution is 7.90. The standard InChI is InChI=1S/C17H16N2O6S2/c1-3-24-17(21)14-12(11(8-18)15(19)26-14)9-25-16(20)10-6-4-5-7-13(10)27(2,22)23/h4-7H,3,9,19H2,1-2H3. The highest BCUT2D eigenvalue weighted by Gasteiger charge is 2.25. The number of benzene rings is 1. The van der Waals surface area contributed by atoms with Crippen molar-refractivity contribution < 1.29 is 27.5 Å². The van der Waals surface area contributed by atoms with Crippen LogP contribution in [0.2, 0.25) is 0 Å². The van der Waals surface area contributed by atoms with Crippen molar-refractivity contribution in [2.45, 2.75) is 18.4 Å². The number of nitriles is 1. The molecule has 142 valence electrons. The lowest BCUT2D eigenvalue weighted by Gasteiger charge is -2.09. The maximum Gasteiger partial charge on any atom is 0.348 e. The van der Waals surface area contributed by atoms with E-state index in [0.717, 1.165) is 17.6 Å². The lowest BCUT2D eigenvalue weighted by atomic mass is 10.1. The second kappa shape index (κ2) is 8.20. The van der Waals surface area contributed by atoms with Crippen LogP contribution in [0.25, 0.3) is 0 Å². The van der Waals surface area contributed by atoms with Crippen molar-refractivity contribution >= 4 is 38.1 Å². The molecule has 0 saturated heterocycles. The van der Waals surface area contributed by atoms with E-state index in [0.29, 0.717) is 0 Å². The molecule has 0 radical (unpaired) electrons. The van der Waals surface area contributed by atoms with E-state index in [1.165, 1.54) is 24.3 Å². The van der Waals surface area contributed by atoms with E-state index in [4.69, 9.17) is 15.2 Å². The summed E-state index contributed by atoms with van der Waals surface area (Å²) >= 11 is 0.862. The summed E-state index contributed by atoms with van der Waals surface area (Å²) in [6.07, 6.45) is 0.978. The number of carbonyl (C=O) groups is 2. The van der Waals surface area contributed by atoms with Crippen LogP contribution in [-0.4, -0.2) is 33.2 Å². The lowest BCUT2D eigenvalue weighted by molar-refractivity contribution is 0.0449. The molecule has 0 unspecified atom stereocenters. The van der Waals surface area contributed by atoms with Crippen LogP contribution in [0.5, 0.6) is 0 Å². The van der Waals surface area contributed by atoms with E-state index in [1.807, 2.05) is 6.07 Å². The minimum atomic E-state index is -3.64. The number of sulfone groups is 1. The zero-order chi connectivity index (χ0) is 20.2. The first-order valence-corrected chi connectivity index (χ1v) is 10.4. The summed E-state index contributed by atoms with van der Waals surface area (Å²) in [7, 11) is -3.64. The van der Waals surface area contributed by atoms with E-state index in [9.17, 15) is 23.3 Å². The van der Waals surface area contributed by atoms with Crippen LogP contribution in [0.15, 0.2) is 29.2 Å². The van der Waals surface area contributed by atoms with Gasteiger partial charge in [-0.1, -0.05) is 12.1 Å². The number of nitrogen functional groups attached to an aromatic ring is 1. The molecule has 27 heavy (non-hydrogen) atoms. The topological polar surface area (TPSA) is 137 Å². The van der Waals surface area contributed by atoms with Gasteiger partial charge in [-0.25, -0.2) is 18.0 Å². The predicted molar refractivity (Wildman–Crippen MR) is 98.1 cm³/mol. The molecule has 0 fully saturated rings. The number of anilines is 1. The molecule has 0 saturated carbocycles. The second-order valence-electron chi connectivity index (χ2n) is 5.33. The van der Waals surface area contributed by atoms with Crippen LogP contribution >= 0.6 is 11.3 Å². The minimum absolute atomic E-state index is 0.0206. The van der Waals surface area contributed by atoms with Gasteiger partial charge in [-0.15, -0.1) is 11.3 Å². The molecule has 0 aliphatic rings. The van der Waals surface area contributed by atoms with Gasteiger partial charge in [0.1, 0.15) is 22.6 Å². The van der Waals surface area contributed by atoms with Crippen molar-refractivity contribution in [2.75, 3.05) is 18.6 Å². The summed E-state index contributed by atoms with van der Waals surface area (Å²) in [4.78, 5) is 24.3. The Kier molecular flexibility index (Phi) is 6.20. The van der Waals surface area contributed by atoms with Crippen molar-refractivity contribution in [1.82, 2.24) is 0 Å². The molecular formula is C17H16N2O6S2. The molecule has 0 aliphatic carbocycles. The fourth-order valence-electron chi connectivity index (χ4n) is 2.28. The number of thiophene rings is 1. The number of hydrogen-bond donors (Lipinski definition) is 1. The van der Waals surface area contributed by atoms with Gasteiger partial charge in [-0.2, -0.15) is 5.26 Å². The number of nitrogens with zero attached hydrogens (tertiary/aromatic N) is 1. The molecule has 8 nitrogen and oxygen atoms in total. The fourth-order valence-corrected chi connectivity index (χ4v) is 4.07. The molecule has 2 N–H and O–H groups in total. The van der Waals surface area contributed by atoms with Gasteiger partial charge in [0.25, 0.3) is 0 Å². The third-order valence-electron chi connectivity index (χ3n) is 3.46. The Hall–Kier alpha value is -2.90. The Bertz CT molecular complexity index is 1030. The van der Waals surface area contributed by atoms with E-state index in [1.54, 1.807) is 6.92 Å². The molecule has 0 bridgehead atoms. The van der Waals surface area contributed by atoms with Crippen LogP contribution in [-0.2, 0) is 25.9 Å². The number of hydrogen-bond acceptors (Lipinski definition) is 9. The van der Waals surface area contributed by atoms with Crippen molar-refractivity contribution in [3.63, 3.8) is 0 Å². The Morgan fingerprint density at radius 1 is 1.22 bits per heavy atom. The zero-order valence-electron chi connectivity index (χ0n) is 14.5. The van der Waals surface area contributed by atoms with E-state index in [-0.39, 0.29) is 38.1 Å². The van der Waals surface area contributed by atoms with Gasteiger partial charge in [0.05, 0.1) is 22.6 Å². The van der Waals surface area contributed by atoms with Gasteiger partial charge in [-0.3, -0.25) is 0 Å². The highest BCUT2D eigenvalue weighted by atomic mass is 32.2.